The fraction of sp³-hybridized carbons (Fsp3) is 0.268. The van der Waals surface area contributed by atoms with Crippen molar-refractivity contribution in [3.8, 4) is 0 Å². The number of nitrogens with zero attached hydrogens (tertiary/aromatic N) is 13. The van der Waals surface area contributed by atoms with Gasteiger partial charge in [0.15, 0.2) is 0 Å². The van der Waals surface area contributed by atoms with E-state index < -0.39 is 60.1 Å². The van der Waals surface area contributed by atoms with Gasteiger partial charge in [-0.1, -0.05) is 101 Å². The molecule has 14 rings (SSSR count). The van der Waals surface area contributed by atoms with Gasteiger partial charge >= 0.3 is 33.7 Å². The molecule has 8 aromatic carbocycles. The first-order chi connectivity index (χ1) is 53.2. The molecule has 25 nitrogen and oxygen atoms in total. The molecule has 3 aromatic heterocycles. The number of benzene rings is 8. The van der Waals surface area contributed by atoms with Gasteiger partial charge in [0.1, 0.15) is 28.7 Å². The second-order valence-electron chi connectivity index (χ2n) is 27.8. The molecule has 0 radical (unpaired) electrons. The lowest BCUT2D eigenvalue weighted by Crippen LogP contribution is -2.49. The highest BCUT2D eigenvalue weighted by Gasteiger charge is 2.37. The predicted octanol–water partition coefficient (Wildman–Crippen LogP) is 13.2. The van der Waals surface area contributed by atoms with Crippen LogP contribution in [0, 0.1) is 62.7 Å². The Hall–Kier alpha value is -12.2. The van der Waals surface area contributed by atoms with Crippen molar-refractivity contribution in [2.45, 2.75) is 46.8 Å². The van der Waals surface area contributed by atoms with E-state index in [4.69, 9.17) is 23.2 Å². The third kappa shape index (κ3) is 17.4. The standard InChI is InChI=1S/C28H24ClFN4O4.C28H25ClN4O4.C26H30FN5O4/c1-18-2-11-24-23(16-18)25(26(34(37)38)28(36)33(24)17-19-3-9-22(30)10-4-19)31-12-14-32(15-13-31)27(35)20-5-7-21(29)8-6-20;1-19-7-12-24-23(17-19)25(26(33(36)37)28(35)32(24)18-20-5-3-2-4-6-20)30-13-15-31(16-14-30)27(34)21-8-10-22(29)11-9-21;1-18-5-10-22-21(17-18)23(24(32(35)36)26(34)31(22)12-4-11-28(2)3)29-13-15-30(16-14-29)25(33)19-6-8-20(27)9-7-19/h2-11,16H,12-15,17H2,1H3;2-12,17H,13-16,18H2,1H3;5-10,17H,4,11-16H2,1-3H3. The van der Waals surface area contributed by atoms with Crippen molar-refractivity contribution in [2.75, 3.05) is 114 Å². The summed E-state index contributed by atoms with van der Waals surface area (Å²) in [6.07, 6.45) is 0.677. The highest BCUT2D eigenvalue weighted by molar-refractivity contribution is 6.31. The number of rotatable bonds is 17. The maximum atomic E-state index is 13.6. The van der Waals surface area contributed by atoms with E-state index in [-0.39, 0.29) is 36.5 Å². The van der Waals surface area contributed by atoms with Crippen molar-refractivity contribution in [2.24, 2.45) is 0 Å². The minimum Gasteiger partial charge on any atom is -0.362 e. The largest absolute Gasteiger partial charge is 0.362 e. The zero-order chi connectivity index (χ0) is 79.1. The fourth-order valence-electron chi connectivity index (χ4n) is 14.4. The van der Waals surface area contributed by atoms with Gasteiger partial charge in [-0.3, -0.25) is 68.2 Å². The molecule has 29 heteroatoms. The monoisotopic (exact) mass is 1550 g/mol. The Bertz CT molecular complexity index is 5570. The smallest absolute Gasteiger partial charge is 0.357 e. The van der Waals surface area contributed by atoms with Crippen molar-refractivity contribution in [1.29, 1.82) is 0 Å². The maximum absolute atomic E-state index is 13.6. The summed E-state index contributed by atoms with van der Waals surface area (Å²) in [7, 11) is 3.88. The summed E-state index contributed by atoms with van der Waals surface area (Å²) in [5, 5.41) is 39.8. The van der Waals surface area contributed by atoms with Crippen molar-refractivity contribution in [1.82, 2.24) is 33.3 Å². The summed E-state index contributed by atoms with van der Waals surface area (Å²) in [4.78, 5) is 127. The van der Waals surface area contributed by atoms with E-state index in [1.807, 2.05) is 133 Å². The van der Waals surface area contributed by atoms with Gasteiger partial charge in [0.05, 0.1) is 44.4 Å². The van der Waals surface area contributed by atoms with E-state index in [9.17, 15) is 67.9 Å². The van der Waals surface area contributed by atoms with E-state index >= 15 is 0 Å². The quantitative estimate of drug-likeness (QED) is 0.0605. The first-order valence-electron chi connectivity index (χ1n) is 36.0. The number of nitro groups is 3. The van der Waals surface area contributed by atoms with Gasteiger partial charge in [-0.25, -0.2) is 8.78 Å². The van der Waals surface area contributed by atoms with Gasteiger partial charge in [-0.05, 0) is 180 Å². The lowest BCUT2D eigenvalue weighted by molar-refractivity contribution is -0.385. The molecule has 0 N–H and O–H groups in total. The third-order valence-electron chi connectivity index (χ3n) is 20.0. The molecule has 11 aromatic rings. The topological polar surface area (TPSA) is 269 Å². The molecule has 0 unspecified atom stereocenters. The summed E-state index contributed by atoms with van der Waals surface area (Å²) in [6, 6.07) is 50.6. The summed E-state index contributed by atoms with van der Waals surface area (Å²) in [5.74, 6) is -1.31. The average Bonchev–Trinajstić information content (AvgIpc) is 0.755. The van der Waals surface area contributed by atoms with Crippen LogP contribution < -0.4 is 31.4 Å². The summed E-state index contributed by atoms with van der Waals surface area (Å²) >= 11 is 11.9. The molecule has 3 fully saturated rings. The zero-order valence-electron chi connectivity index (χ0n) is 61.6. The van der Waals surface area contributed by atoms with Crippen LogP contribution in [0.4, 0.5) is 42.9 Å². The number of aryl methyl sites for hydroxylation is 4. The maximum Gasteiger partial charge on any atom is 0.357 e. The molecule has 3 aliphatic rings. The number of carbonyl (C=O) groups excluding carboxylic acids is 3. The Balaban J connectivity index is 0.000000155. The Labute approximate surface area is 645 Å². The number of aromatic nitrogens is 3. The molecule has 111 heavy (non-hydrogen) atoms. The molecule has 3 aliphatic heterocycles. The molecular weight excluding hydrogens is 1470 g/mol. The molecule has 0 bridgehead atoms. The van der Waals surface area contributed by atoms with E-state index in [0.717, 1.165) is 28.8 Å². The van der Waals surface area contributed by atoms with Gasteiger partial charge in [-0.2, -0.15) is 0 Å². The number of hydrogen-bond acceptors (Lipinski definition) is 16. The third-order valence-corrected chi connectivity index (χ3v) is 20.5. The molecule has 3 saturated heterocycles. The Kier molecular flexibility index (Phi) is 24.1. The first kappa shape index (κ1) is 78.4. The lowest BCUT2D eigenvalue weighted by Gasteiger charge is -2.36. The van der Waals surface area contributed by atoms with Gasteiger partial charge in [0, 0.05) is 128 Å². The summed E-state index contributed by atoms with van der Waals surface area (Å²) < 4.78 is 31.0. The Morgan fingerprint density at radius 1 is 0.405 bits per heavy atom. The molecule has 0 spiro atoms. The SMILES string of the molecule is Cc1ccc2c(c1)c(N1CCN(C(=O)c3ccc(Cl)cc3)CC1)c([N+](=O)[O-])c(=O)n2Cc1ccc(F)cc1.Cc1ccc2c(c1)c(N1CCN(C(=O)c3ccc(Cl)cc3)CC1)c([N+](=O)[O-])c(=O)n2Cc1ccccc1.Cc1ccc2c(c1)c(N1CCN(C(=O)c3ccc(F)cc3)CC1)c([N+](=O)[O-])c(=O)n2CCCN(C)C. The summed E-state index contributed by atoms with van der Waals surface area (Å²) in [5.41, 5.74) is 5.07. The predicted molar refractivity (Wildman–Crippen MR) is 427 cm³/mol. The number of piperazine rings is 3. The van der Waals surface area contributed by atoms with Crippen molar-refractivity contribution in [3.63, 3.8) is 0 Å². The zero-order valence-corrected chi connectivity index (χ0v) is 63.1. The van der Waals surface area contributed by atoms with E-state index in [0.29, 0.717) is 168 Å². The molecule has 3 amide bonds. The van der Waals surface area contributed by atoms with Crippen LogP contribution in [0.25, 0.3) is 32.7 Å². The van der Waals surface area contributed by atoms with Crippen molar-refractivity contribution in [3.05, 3.63) is 310 Å². The highest BCUT2D eigenvalue weighted by Crippen LogP contribution is 2.39. The van der Waals surface area contributed by atoms with E-state index in [2.05, 4.69) is 0 Å². The van der Waals surface area contributed by atoms with Gasteiger partial charge < -0.3 is 38.9 Å². The number of hydrogen-bond donors (Lipinski definition) is 0. The van der Waals surface area contributed by atoms with E-state index in [1.165, 1.54) is 50.1 Å². The molecule has 0 aliphatic carbocycles. The minimum atomic E-state index is -0.731. The fourth-order valence-corrected chi connectivity index (χ4v) is 14.7. The Morgan fingerprint density at radius 3 is 1.03 bits per heavy atom. The molecule has 572 valence electrons. The lowest BCUT2D eigenvalue weighted by atomic mass is 10.1. The average molecular weight is 1550 g/mol. The van der Waals surface area contributed by atoms with Crippen LogP contribution in [0.5, 0.6) is 0 Å². The number of amides is 3. The molecule has 0 atom stereocenters. The molecule has 6 heterocycles. The number of halogens is 4. The minimum absolute atomic E-state index is 0.0587. The number of fused-ring (bicyclic) bond motifs is 3. The van der Waals surface area contributed by atoms with Crippen LogP contribution in [0.3, 0.4) is 0 Å². The number of anilines is 3. The van der Waals surface area contributed by atoms with E-state index in [1.54, 1.807) is 81.4 Å². The normalized spacial score (nSPS) is 13.8. The van der Waals surface area contributed by atoms with Crippen LogP contribution in [0.1, 0.15) is 65.3 Å². The molecular formula is C82H79Cl2F2N13O12. The van der Waals surface area contributed by atoms with Gasteiger partial charge in [0.2, 0.25) is 0 Å². The van der Waals surface area contributed by atoms with Gasteiger partial charge in [-0.15, -0.1) is 0 Å². The second-order valence-corrected chi connectivity index (χ2v) is 28.7. The van der Waals surface area contributed by atoms with Crippen LogP contribution in [0.15, 0.2) is 196 Å². The van der Waals surface area contributed by atoms with Crippen molar-refractivity contribution >= 4 is 108 Å². The van der Waals surface area contributed by atoms with Gasteiger partial charge in [0.25, 0.3) is 17.7 Å². The number of pyridine rings is 3. The van der Waals surface area contributed by atoms with Crippen LogP contribution in [-0.4, -0.2) is 165 Å². The van der Waals surface area contributed by atoms with Crippen molar-refractivity contribution < 1.29 is 37.9 Å². The van der Waals surface area contributed by atoms with Crippen LogP contribution >= 0.6 is 23.2 Å². The van der Waals surface area contributed by atoms with Crippen LogP contribution in [0.2, 0.25) is 10.0 Å². The molecule has 0 saturated carbocycles. The Morgan fingerprint density at radius 2 is 0.703 bits per heavy atom. The summed E-state index contributed by atoms with van der Waals surface area (Å²) in [6.45, 7) is 11.2. The van der Waals surface area contributed by atoms with Crippen LogP contribution in [-0.2, 0) is 19.6 Å². The highest BCUT2D eigenvalue weighted by atomic mass is 35.5. The first-order valence-corrected chi connectivity index (χ1v) is 36.8. The number of carbonyl (C=O) groups is 3. The second kappa shape index (κ2) is 34.2.